The Balaban J connectivity index is 2.10. The molecule has 33 heavy (non-hydrogen) atoms. The number of benzene rings is 1. The Morgan fingerprint density at radius 2 is 1.82 bits per heavy atom. The Morgan fingerprint density at radius 1 is 1.18 bits per heavy atom. The predicted octanol–water partition coefficient (Wildman–Crippen LogP) is 4.32. The molecule has 1 saturated heterocycles. The lowest BCUT2D eigenvalue weighted by Crippen LogP contribution is -2.21. The van der Waals surface area contributed by atoms with Crippen molar-refractivity contribution in [2.75, 3.05) is 25.2 Å². The molecule has 0 amide bonds. The van der Waals surface area contributed by atoms with Gasteiger partial charge in [0.1, 0.15) is 11.3 Å². The summed E-state index contributed by atoms with van der Waals surface area (Å²) in [5.41, 5.74) is -0.649. The van der Waals surface area contributed by atoms with Gasteiger partial charge in [-0.2, -0.15) is 22.6 Å². The minimum Gasteiger partial charge on any atom is -0.468 e. The maximum atomic E-state index is 13.2. The minimum atomic E-state index is -4.62. The first-order valence-corrected chi connectivity index (χ1v) is 12.1. The average molecular weight is 508 g/mol. The van der Waals surface area contributed by atoms with Crippen molar-refractivity contribution in [1.82, 2.24) is 9.78 Å². The molecule has 0 bridgehead atoms. The number of hydrogen-bond acceptors (Lipinski definition) is 7. The molecule has 13 heteroatoms. The Labute approximate surface area is 193 Å². The second-order valence-electron chi connectivity index (χ2n) is 7.37. The van der Waals surface area contributed by atoms with Gasteiger partial charge < -0.3 is 9.47 Å². The van der Waals surface area contributed by atoms with Crippen molar-refractivity contribution in [3.8, 4) is 5.88 Å². The number of ether oxygens (including phenoxy) is 2. The van der Waals surface area contributed by atoms with Crippen LogP contribution in [0.1, 0.15) is 45.5 Å². The minimum absolute atomic E-state index is 0.0768. The molecule has 1 aliphatic heterocycles. The molecule has 0 aliphatic carbocycles. The van der Waals surface area contributed by atoms with Gasteiger partial charge in [0.05, 0.1) is 33.6 Å². The normalized spacial score (nSPS) is 15.7. The van der Waals surface area contributed by atoms with Crippen molar-refractivity contribution in [3.05, 3.63) is 40.0 Å². The van der Waals surface area contributed by atoms with E-state index < -0.39 is 40.1 Å². The van der Waals surface area contributed by atoms with Crippen LogP contribution in [-0.2, 0) is 21.5 Å². The van der Waals surface area contributed by atoms with Gasteiger partial charge in [0.2, 0.25) is 11.7 Å². The summed E-state index contributed by atoms with van der Waals surface area (Å²) in [4.78, 5) is 25.4. The van der Waals surface area contributed by atoms with E-state index in [0.717, 1.165) is 24.4 Å². The monoisotopic (exact) mass is 507 g/mol. The van der Waals surface area contributed by atoms with Crippen LogP contribution in [0.3, 0.4) is 0 Å². The second kappa shape index (κ2) is 9.72. The third kappa shape index (κ3) is 5.67. The summed E-state index contributed by atoms with van der Waals surface area (Å²) in [6.07, 6.45) is -1.27. The van der Waals surface area contributed by atoms with Crippen molar-refractivity contribution in [2.24, 2.45) is 11.4 Å². The molecular formula is C20H21ClF3N3O5S. The van der Waals surface area contributed by atoms with Gasteiger partial charge in [0.25, 0.3) is 0 Å². The Kier molecular flexibility index (Phi) is 7.37. The smallest absolute Gasteiger partial charge is 0.422 e. The highest BCUT2D eigenvalue weighted by molar-refractivity contribution is 7.93. The van der Waals surface area contributed by atoms with Gasteiger partial charge in [0, 0.05) is 24.1 Å². The standard InChI is InChI=1S/C20H21ClF3N3O5S/c1-27-18(32-11-20(22,23)24)14(10-25-27)17(28)12-6-7-13(19(29)31-2)16(15(12)21)26-33(30)8-4-3-5-9-33/h6-7,10H,3-5,8-9,11H2,1-2H3. The number of rotatable bonds is 6. The molecule has 180 valence electrons. The molecule has 0 atom stereocenters. The number of hydrogen-bond donors (Lipinski definition) is 0. The molecule has 0 radical (unpaired) electrons. The van der Waals surface area contributed by atoms with Crippen LogP contribution in [0.5, 0.6) is 5.88 Å². The first-order valence-electron chi connectivity index (χ1n) is 9.85. The van der Waals surface area contributed by atoms with Crippen LogP contribution in [0.2, 0.25) is 5.02 Å². The zero-order chi connectivity index (χ0) is 24.4. The average Bonchev–Trinajstić information content (AvgIpc) is 3.13. The fraction of sp³-hybridized carbons (Fsp3) is 0.450. The van der Waals surface area contributed by atoms with Gasteiger partial charge in [-0.3, -0.25) is 4.79 Å². The fourth-order valence-corrected chi connectivity index (χ4v) is 5.91. The van der Waals surface area contributed by atoms with Crippen LogP contribution in [0.4, 0.5) is 18.9 Å². The van der Waals surface area contributed by atoms with E-state index in [1.54, 1.807) is 0 Å². The van der Waals surface area contributed by atoms with Crippen LogP contribution in [0.15, 0.2) is 22.7 Å². The van der Waals surface area contributed by atoms with E-state index in [9.17, 15) is 27.0 Å². The summed E-state index contributed by atoms with van der Waals surface area (Å²) in [7, 11) is -0.240. The van der Waals surface area contributed by atoms with Crippen molar-refractivity contribution >= 4 is 38.8 Å². The number of alkyl halides is 3. The topological polar surface area (TPSA) is 99.8 Å². The predicted molar refractivity (Wildman–Crippen MR) is 115 cm³/mol. The van der Waals surface area contributed by atoms with E-state index in [-0.39, 0.29) is 27.4 Å². The Bertz CT molecular complexity index is 1190. The largest absolute Gasteiger partial charge is 0.468 e. The molecule has 1 aromatic heterocycles. The quantitative estimate of drug-likeness (QED) is 0.426. The van der Waals surface area contributed by atoms with Gasteiger partial charge >= 0.3 is 12.1 Å². The summed E-state index contributed by atoms with van der Waals surface area (Å²) in [5.74, 6) is -1.34. The van der Waals surface area contributed by atoms with Crippen molar-refractivity contribution in [1.29, 1.82) is 0 Å². The molecule has 1 aliphatic rings. The molecule has 0 N–H and O–H groups in total. The lowest BCUT2D eigenvalue weighted by Gasteiger charge is -2.17. The summed E-state index contributed by atoms with van der Waals surface area (Å²) in [6.45, 7) is -1.62. The summed E-state index contributed by atoms with van der Waals surface area (Å²) >= 11 is 6.45. The number of nitrogens with zero attached hydrogens (tertiary/aromatic N) is 3. The summed E-state index contributed by atoms with van der Waals surface area (Å²) < 4.78 is 65.8. The number of aryl methyl sites for hydroxylation is 1. The molecule has 2 heterocycles. The molecular weight excluding hydrogens is 487 g/mol. The van der Waals surface area contributed by atoms with Crippen LogP contribution in [0, 0.1) is 0 Å². The van der Waals surface area contributed by atoms with Crippen LogP contribution < -0.4 is 4.74 Å². The number of carbonyl (C=O) groups excluding carboxylic acids is 2. The van der Waals surface area contributed by atoms with E-state index >= 15 is 0 Å². The van der Waals surface area contributed by atoms with Gasteiger partial charge in [-0.05, 0) is 25.0 Å². The first-order chi connectivity index (χ1) is 15.5. The lowest BCUT2D eigenvalue weighted by atomic mass is 10.0. The van der Waals surface area contributed by atoms with Gasteiger partial charge in [0.15, 0.2) is 6.61 Å². The highest BCUT2D eigenvalue weighted by Crippen LogP contribution is 2.37. The number of esters is 1. The molecule has 0 saturated carbocycles. The first kappa shape index (κ1) is 25.0. The van der Waals surface area contributed by atoms with Crippen LogP contribution in [0.25, 0.3) is 0 Å². The highest BCUT2D eigenvalue weighted by atomic mass is 35.5. The zero-order valence-corrected chi connectivity index (χ0v) is 19.4. The Hall–Kier alpha value is -2.60. The van der Waals surface area contributed by atoms with E-state index in [2.05, 4.69) is 9.46 Å². The number of carbonyl (C=O) groups is 2. The van der Waals surface area contributed by atoms with Crippen LogP contribution in [-0.4, -0.2) is 57.1 Å². The summed E-state index contributed by atoms with van der Waals surface area (Å²) in [5, 5.41) is 3.53. The number of aromatic nitrogens is 2. The molecule has 2 aromatic rings. The molecule has 8 nitrogen and oxygen atoms in total. The van der Waals surface area contributed by atoms with Crippen LogP contribution >= 0.6 is 11.6 Å². The number of halogens is 4. The van der Waals surface area contributed by atoms with E-state index in [1.807, 2.05) is 0 Å². The van der Waals surface area contributed by atoms with Gasteiger partial charge in [-0.15, -0.1) is 0 Å². The number of ketones is 1. The van der Waals surface area contributed by atoms with Crippen molar-refractivity contribution in [2.45, 2.75) is 25.4 Å². The Morgan fingerprint density at radius 3 is 2.42 bits per heavy atom. The third-order valence-corrected chi connectivity index (χ3v) is 7.70. The SMILES string of the molecule is COC(=O)c1ccc(C(=O)c2cnn(C)c2OCC(F)(F)F)c(Cl)c1N=S1(=O)CCCCC1. The molecule has 0 spiro atoms. The maximum absolute atomic E-state index is 13.2. The molecule has 1 fully saturated rings. The van der Waals surface area contributed by atoms with E-state index in [4.69, 9.17) is 21.1 Å². The lowest BCUT2D eigenvalue weighted by molar-refractivity contribution is -0.154. The van der Waals surface area contributed by atoms with Gasteiger partial charge in [-0.25, -0.2) is 13.7 Å². The van der Waals surface area contributed by atoms with Crippen molar-refractivity contribution < 1.29 is 36.4 Å². The summed E-state index contributed by atoms with van der Waals surface area (Å²) in [6, 6.07) is 2.48. The van der Waals surface area contributed by atoms with Crippen molar-refractivity contribution in [3.63, 3.8) is 0 Å². The van der Waals surface area contributed by atoms with E-state index in [0.29, 0.717) is 24.3 Å². The molecule has 3 rings (SSSR count). The maximum Gasteiger partial charge on any atom is 0.422 e. The third-order valence-electron chi connectivity index (χ3n) is 4.95. The number of methoxy groups -OCH3 is 1. The second-order valence-corrected chi connectivity index (χ2v) is 10.3. The molecule has 0 unspecified atom stereocenters. The molecule has 1 aromatic carbocycles. The van der Waals surface area contributed by atoms with E-state index in [1.165, 1.54) is 19.2 Å². The highest BCUT2D eigenvalue weighted by Gasteiger charge is 2.31. The zero-order valence-electron chi connectivity index (χ0n) is 17.8. The fourth-order valence-electron chi connectivity index (χ4n) is 3.34. The van der Waals surface area contributed by atoms with Gasteiger partial charge in [-0.1, -0.05) is 18.0 Å².